The number of thiazole rings is 1. The van der Waals surface area contributed by atoms with Gasteiger partial charge < -0.3 is 29.7 Å². The van der Waals surface area contributed by atoms with Gasteiger partial charge in [0.2, 0.25) is 5.89 Å². The predicted molar refractivity (Wildman–Crippen MR) is 106 cm³/mol. The molecule has 164 valence electrons. The Morgan fingerprint density at radius 2 is 2.13 bits per heavy atom. The second-order valence-corrected chi connectivity index (χ2v) is 8.36. The number of hydrogen-bond acceptors (Lipinski definition) is 10. The van der Waals surface area contributed by atoms with Gasteiger partial charge in [-0.1, -0.05) is 0 Å². The maximum Gasteiger partial charge on any atom is 0.290 e. The first-order chi connectivity index (χ1) is 14.3. The topological polar surface area (TPSA) is 151 Å². The molecule has 2 aliphatic rings. The molecule has 12 heteroatoms. The number of aliphatic hydroxyl groups is 1. The number of piperidine rings is 1. The molecule has 0 unspecified atom stereocenters. The van der Waals surface area contributed by atoms with Crippen LogP contribution in [0.5, 0.6) is 0 Å². The van der Waals surface area contributed by atoms with Crippen LogP contribution in [0.1, 0.15) is 42.6 Å². The van der Waals surface area contributed by atoms with Crippen molar-refractivity contribution in [3.63, 3.8) is 0 Å². The van der Waals surface area contributed by atoms with E-state index in [-0.39, 0.29) is 19.0 Å². The van der Waals surface area contributed by atoms with Gasteiger partial charge in [-0.2, -0.15) is 4.98 Å². The van der Waals surface area contributed by atoms with E-state index in [0.717, 1.165) is 25.9 Å². The Labute approximate surface area is 177 Å². The molecular weight excluding hydrogens is 414 g/mol. The number of aryl methyl sites for hydroxylation is 1. The zero-order valence-corrected chi connectivity index (χ0v) is 17.6. The summed E-state index contributed by atoms with van der Waals surface area (Å²) >= 11 is 1.37. The van der Waals surface area contributed by atoms with Crippen molar-refractivity contribution >= 4 is 29.7 Å². The molecule has 4 heterocycles. The number of carbonyl (C=O) groups is 2. The minimum absolute atomic E-state index is 0.190. The largest absolute Gasteiger partial charge is 0.483 e. The maximum absolute atomic E-state index is 12.5. The highest BCUT2D eigenvalue weighted by Gasteiger charge is 2.50. The summed E-state index contributed by atoms with van der Waals surface area (Å²) in [6, 6.07) is 0. The molecular formula is C18H25N5O6S. The summed E-state index contributed by atoms with van der Waals surface area (Å²) in [7, 11) is 0. The average molecular weight is 439 g/mol. The van der Waals surface area contributed by atoms with Crippen LogP contribution in [0.15, 0.2) is 15.4 Å². The van der Waals surface area contributed by atoms with E-state index in [1.54, 1.807) is 17.8 Å². The fourth-order valence-electron chi connectivity index (χ4n) is 3.91. The molecule has 2 aliphatic heterocycles. The highest BCUT2D eigenvalue weighted by Crippen LogP contribution is 2.40. The number of nitrogens with one attached hydrogen (secondary N) is 1. The predicted octanol–water partition coefficient (Wildman–Crippen LogP) is 0.844. The lowest BCUT2D eigenvalue weighted by Crippen LogP contribution is -2.65. The molecule has 0 saturated carbocycles. The molecule has 0 aromatic carbocycles. The van der Waals surface area contributed by atoms with Gasteiger partial charge in [0.1, 0.15) is 11.8 Å². The number of aliphatic hydroxyl groups excluding tert-OH is 1. The molecule has 2 aromatic rings. The second-order valence-electron chi connectivity index (χ2n) is 7.64. The van der Waals surface area contributed by atoms with Crippen molar-refractivity contribution in [2.45, 2.75) is 50.4 Å². The lowest BCUT2D eigenvalue weighted by molar-refractivity contribution is -0.167. The Morgan fingerprint density at radius 3 is 2.70 bits per heavy atom. The van der Waals surface area contributed by atoms with Gasteiger partial charge in [0, 0.05) is 31.8 Å². The van der Waals surface area contributed by atoms with Gasteiger partial charge in [-0.3, -0.25) is 9.59 Å². The number of anilines is 1. The van der Waals surface area contributed by atoms with Gasteiger partial charge in [-0.05, 0) is 24.9 Å². The quantitative estimate of drug-likeness (QED) is 0.587. The third-order valence-corrected chi connectivity index (χ3v) is 6.10. The van der Waals surface area contributed by atoms with Crippen molar-refractivity contribution in [2.24, 2.45) is 0 Å². The van der Waals surface area contributed by atoms with Crippen LogP contribution < -0.4 is 10.2 Å². The summed E-state index contributed by atoms with van der Waals surface area (Å²) in [6.07, 6.45) is 1.28. The van der Waals surface area contributed by atoms with Crippen molar-refractivity contribution in [3.8, 4) is 0 Å². The van der Waals surface area contributed by atoms with Gasteiger partial charge in [0.25, 0.3) is 18.3 Å². The summed E-state index contributed by atoms with van der Waals surface area (Å²) in [5.41, 5.74) is 0.827. The monoisotopic (exact) mass is 439 g/mol. The Bertz CT molecular complexity index is 851. The Morgan fingerprint density at radius 1 is 1.43 bits per heavy atom. The van der Waals surface area contributed by atoms with E-state index < -0.39 is 17.2 Å². The number of aromatic nitrogens is 3. The van der Waals surface area contributed by atoms with Gasteiger partial charge in [0.05, 0.1) is 23.3 Å². The van der Waals surface area contributed by atoms with Crippen LogP contribution in [-0.4, -0.2) is 74.7 Å². The lowest BCUT2D eigenvalue weighted by atomic mass is 9.74. The third-order valence-electron chi connectivity index (χ3n) is 5.51. The summed E-state index contributed by atoms with van der Waals surface area (Å²) in [6.45, 7) is 5.04. The van der Waals surface area contributed by atoms with Gasteiger partial charge in [-0.15, -0.1) is 11.3 Å². The van der Waals surface area contributed by atoms with Crippen molar-refractivity contribution in [2.75, 3.05) is 24.6 Å². The van der Waals surface area contributed by atoms with Crippen molar-refractivity contribution in [3.05, 3.63) is 22.5 Å². The van der Waals surface area contributed by atoms with Gasteiger partial charge in [-0.25, -0.2) is 4.98 Å². The molecule has 1 amide bonds. The number of ether oxygens (including phenoxy) is 1. The highest BCUT2D eigenvalue weighted by atomic mass is 32.1. The van der Waals surface area contributed by atoms with E-state index in [2.05, 4.69) is 25.3 Å². The van der Waals surface area contributed by atoms with Crippen LogP contribution in [0.25, 0.3) is 0 Å². The van der Waals surface area contributed by atoms with E-state index in [4.69, 9.17) is 19.2 Å². The number of hydrogen-bond donors (Lipinski definition) is 3. The second kappa shape index (κ2) is 9.06. The Hall–Kier alpha value is -2.57. The van der Waals surface area contributed by atoms with Crippen molar-refractivity contribution in [1.82, 2.24) is 20.4 Å². The smallest absolute Gasteiger partial charge is 0.290 e. The molecule has 2 saturated heterocycles. The molecule has 2 aromatic heterocycles. The van der Waals surface area contributed by atoms with Crippen LogP contribution in [0.2, 0.25) is 0 Å². The van der Waals surface area contributed by atoms with Crippen LogP contribution >= 0.6 is 11.3 Å². The molecule has 1 spiro atoms. The van der Waals surface area contributed by atoms with Gasteiger partial charge >= 0.3 is 0 Å². The SMILES string of the molecule is Cc1nc(N2CCC3(CC2)C[C@@](C)(NC(=O)c2cscn2)[C@H](O)CO3)no1.O=CO. The number of carboxylic acid groups (broad SMARTS) is 1. The number of amides is 1. The standard InChI is InChI=1S/C17H23N5O4S.CH2O2/c1-11-19-15(21-26-11)22-5-3-17(4-6-22)9-16(2,13(23)7-25-17)20-14(24)12-8-27-10-18-12;2-1-3/h8,10,13,23H,3-7,9H2,1-2H3,(H,20,24);1H,(H,2,3)/t13-,16-;/m1./s1. The van der Waals surface area contributed by atoms with Crippen molar-refractivity contribution in [1.29, 1.82) is 0 Å². The van der Waals surface area contributed by atoms with Crippen LogP contribution in [0.3, 0.4) is 0 Å². The van der Waals surface area contributed by atoms with E-state index in [9.17, 15) is 9.90 Å². The summed E-state index contributed by atoms with van der Waals surface area (Å²) in [4.78, 5) is 31.2. The van der Waals surface area contributed by atoms with Crippen LogP contribution in [-0.2, 0) is 9.53 Å². The number of nitrogens with zero attached hydrogens (tertiary/aromatic N) is 4. The zero-order valence-electron chi connectivity index (χ0n) is 16.8. The molecule has 2 fully saturated rings. The molecule has 4 rings (SSSR count). The average Bonchev–Trinajstić information content (AvgIpc) is 3.38. The fraction of sp³-hybridized carbons (Fsp3) is 0.611. The van der Waals surface area contributed by atoms with E-state index in [0.29, 0.717) is 24.0 Å². The minimum Gasteiger partial charge on any atom is -0.483 e. The summed E-state index contributed by atoms with van der Waals surface area (Å²) < 4.78 is 11.1. The Balaban J connectivity index is 0.000000806. The van der Waals surface area contributed by atoms with E-state index >= 15 is 0 Å². The van der Waals surface area contributed by atoms with E-state index in [1.807, 2.05) is 6.92 Å². The molecule has 30 heavy (non-hydrogen) atoms. The first kappa shape index (κ1) is 22.1. The maximum atomic E-state index is 12.5. The Kier molecular flexibility index (Phi) is 6.68. The number of carbonyl (C=O) groups excluding carboxylic acids is 1. The molecule has 0 bridgehead atoms. The molecule has 0 radical (unpaired) electrons. The van der Waals surface area contributed by atoms with Gasteiger partial charge in [0.15, 0.2) is 0 Å². The highest BCUT2D eigenvalue weighted by molar-refractivity contribution is 7.07. The molecule has 3 N–H and O–H groups in total. The number of rotatable bonds is 3. The van der Waals surface area contributed by atoms with Crippen LogP contribution in [0, 0.1) is 6.92 Å². The minimum atomic E-state index is -0.774. The van der Waals surface area contributed by atoms with Crippen LogP contribution in [0.4, 0.5) is 5.95 Å². The molecule has 11 nitrogen and oxygen atoms in total. The first-order valence-corrected chi connectivity index (χ1v) is 10.4. The molecule has 0 aliphatic carbocycles. The molecule has 2 atom stereocenters. The normalized spacial score (nSPS) is 25.3. The first-order valence-electron chi connectivity index (χ1n) is 9.47. The summed E-state index contributed by atoms with van der Waals surface area (Å²) in [5.74, 6) is 0.868. The van der Waals surface area contributed by atoms with Crippen molar-refractivity contribution < 1.29 is 29.1 Å². The third kappa shape index (κ3) is 4.77. The zero-order chi connectivity index (χ0) is 21.8. The fourth-order valence-corrected chi connectivity index (χ4v) is 4.44. The van der Waals surface area contributed by atoms with E-state index in [1.165, 1.54) is 11.3 Å². The lowest BCUT2D eigenvalue weighted by Gasteiger charge is -2.51. The summed E-state index contributed by atoms with van der Waals surface area (Å²) in [5, 5.41) is 26.1.